The van der Waals surface area contributed by atoms with Crippen LogP contribution in [-0.2, 0) is 11.3 Å². The Kier molecular flexibility index (Phi) is 3.75. The molecule has 2 heterocycles. The third-order valence-corrected chi connectivity index (χ3v) is 4.53. The Morgan fingerprint density at radius 2 is 2.29 bits per heavy atom. The van der Waals surface area contributed by atoms with Gasteiger partial charge in [0.1, 0.15) is 5.82 Å². The lowest BCUT2D eigenvalue weighted by atomic mass is 10.1. The van der Waals surface area contributed by atoms with E-state index in [0.717, 1.165) is 21.7 Å². The van der Waals surface area contributed by atoms with Crippen molar-refractivity contribution in [2.24, 2.45) is 0 Å². The lowest BCUT2D eigenvalue weighted by Crippen LogP contribution is -2.27. The molecule has 0 radical (unpaired) electrons. The highest BCUT2D eigenvalue weighted by Crippen LogP contribution is 2.20. The fraction of sp³-hybridized carbons (Fsp3) is 0.250. The number of benzene rings is 1. The summed E-state index contributed by atoms with van der Waals surface area (Å²) in [7, 11) is 0. The quantitative estimate of drug-likeness (QED) is 0.776. The van der Waals surface area contributed by atoms with Crippen LogP contribution < -0.4 is 5.32 Å². The third kappa shape index (κ3) is 2.97. The number of aromatic amines is 1. The van der Waals surface area contributed by atoms with Crippen LogP contribution in [0.3, 0.4) is 0 Å². The minimum Gasteiger partial charge on any atom is -0.348 e. The first-order valence-electron chi connectivity index (χ1n) is 6.90. The molecule has 4 nitrogen and oxygen atoms in total. The third-order valence-electron chi connectivity index (χ3n) is 3.48. The Balaban J connectivity index is 1.67. The highest BCUT2D eigenvalue weighted by Gasteiger charge is 2.16. The van der Waals surface area contributed by atoms with Crippen LogP contribution >= 0.6 is 11.3 Å². The Morgan fingerprint density at radius 1 is 1.43 bits per heavy atom. The zero-order chi connectivity index (χ0) is 14.8. The summed E-state index contributed by atoms with van der Waals surface area (Å²) in [6.45, 7) is 4.38. The van der Waals surface area contributed by atoms with Gasteiger partial charge in [-0.05, 0) is 43.0 Å². The van der Waals surface area contributed by atoms with Crippen LogP contribution in [0.15, 0.2) is 35.7 Å². The van der Waals surface area contributed by atoms with E-state index >= 15 is 0 Å². The van der Waals surface area contributed by atoms with Gasteiger partial charge in [-0.1, -0.05) is 12.1 Å². The van der Waals surface area contributed by atoms with Gasteiger partial charge in [0.15, 0.2) is 0 Å². The molecule has 1 aromatic carbocycles. The summed E-state index contributed by atoms with van der Waals surface area (Å²) in [6, 6.07) is 10.0. The average molecular weight is 299 g/mol. The maximum atomic E-state index is 12.1. The van der Waals surface area contributed by atoms with Gasteiger partial charge in [0.2, 0.25) is 5.91 Å². The lowest BCUT2D eigenvalue weighted by molar-refractivity contribution is -0.122. The number of amides is 1. The van der Waals surface area contributed by atoms with Crippen LogP contribution in [0.1, 0.15) is 29.1 Å². The number of rotatable bonds is 4. The van der Waals surface area contributed by atoms with Gasteiger partial charge in [-0.2, -0.15) is 0 Å². The maximum Gasteiger partial charge on any atom is 0.228 e. The van der Waals surface area contributed by atoms with E-state index < -0.39 is 0 Å². The highest BCUT2D eigenvalue weighted by atomic mass is 32.1. The molecule has 0 saturated carbocycles. The number of imidazole rings is 1. The van der Waals surface area contributed by atoms with Crippen LogP contribution in [0.2, 0.25) is 0 Å². The molecule has 0 aliphatic carbocycles. The predicted molar refractivity (Wildman–Crippen MR) is 85.4 cm³/mol. The second-order valence-electron chi connectivity index (χ2n) is 5.16. The molecular formula is C16H17N3OS. The Labute approximate surface area is 127 Å². The Morgan fingerprint density at radius 3 is 3.05 bits per heavy atom. The van der Waals surface area contributed by atoms with Gasteiger partial charge < -0.3 is 10.3 Å². The summed E-state index contributed by atoms with van der Waals surface area (Å²) >= 11 is 1.60. The molecule has 0 unspecified atom stereocenters. The fourth-order valence-corrected chi connectivity index (χ4v) is 3.03. The molecule has 0 bridgehead atoms. The van der Waals surface area contributed by atoms with Crippen molar-refractivity contribution in [1.29, 1.82) is 0 Å². The van der Waals surface area contributed by atoms with E-state index in [9.17, 15) is 4.79 Å². The SMILES string of the molecule is Cc1ccc2nc(CNC(=O)[C@@H](C)c3cccs3)[nH]c2c1. The summed E-state index contributed by atoms with van der Waals surface area (Å²) in [5.41, 5.74) is 3.12. The van der Waals surface area contributed by atoms with E-state index in [4.69, 9.17) is 0 Å². The van der Waals surface area contributed by atoms with E-state index in [2.05, 4.69) is 21.4 Å². The number of carbonyl (C=O) groups is 1. The number of H-pyrrole nitrogens is 1. The molecule has 0 spiro atoms. The standard InChI is InChI=1S/C16H17N3OS/c1-10-5-6-12-13(8-10)19-15(18-12)9-17-16(20)11(2)14-4-3-7-21-14/h3-8,11H,9H2,1-2H3,(H,17,20)(H,18,19)/t11-/m0/s1. The van der Waals surface area contributed by atoms with Crippen LogP contribution in [0.5, 0.6) is 0 Å². The molecule has 0 saturated heterocycles. The molecule has 3 rings (SSSR count). The number of fused-ring (bicyclic) bond motifs is 1. The van der Waals surface area contributed by atoms with E-state index in [0.29, 0.717) is 6.54 Å². The predicted octanol–water partition coefficient (Wildman–Crippen LogP) is 3.35. The van der Waals surface area contributed by atoms with Crippen molar-refractivity contribution in [2.75, 3.05) is 0 Å². The fourth-order valence-electron chi connectivity index (χ4n) is 2.25. The molecule has 1 amide bonds. The number of nitrogens with zero attached hydrogens (tertiary/aromatic N) is 1. The Bertz CT molecular complexity index is 761. The van der Waals surface area contributed by atoms with Gasteiger partial charge in [0.25, 0.3) is 0 Å². The molecule has 2 N–H and O–H groups in total. The van der Waals surface area contributed by atoms with Crippen molar-refractivity contribution >= 4 is 28.3 Å². The molecule has 5 heteroatoms. The second-order valence-corrected chi connectivity index (χ2v) is 6.14. The van der Waals surface area contributed by atoms with Gasteiger partial charge in [-0.3, -0.25) is 4.79 Å². The minimum absolute atomic E-state index is 0.0223. The number of hydrogen-bond donors (Lipinski definition) is 2. The van der Waals surface area contributed by atoms with Crippen molar-refractivity contribution in [3.8, 4) is 0 Å². The van der Waals surface area contributed by atoms with Crippen LogP contribution in [0, 0.1) is 6.92 Å². The van der Waals surface area contributed by atoms with Crippen molar-refractivity contribution < 1.29 is 4.79 Å². The van der Waals surface area contributed by atoms with E-state index in [1.165, 1.54) is 5.56 Å². The number of thiophene rings is 1. The molecule has 21 heavy (non-hydrogen) atoms. The van der Waals surface area contributed by atoms with Crippen molar-refractivity contribution in [2.45, 2.75) is 26.3 Å². The normalized spacial score (nSPS) is 12.5. The summed E-state index contributed by atoms with van der Waals surface area (Å²) < 4.78 is 0. The van der Waals surface area contributed by atoms with Crippen molar-refractivity contribution in [1.82, 2.24) is 15.3 Å². The highest BCUT2D eigenvalue weighted by molar-refractivity contribution is 7.10. The molecule has 1 atom stereocenters. The van der Waals surface area contributed by atoms with Gasteiger partial charge in [-0.15, -0.1) is 11.3 Å². The average Bonchev–Trinajstić information content (AvgIpc) is 3.12. The summed E-state index contributed by atoms with van der Waals surface area (Å²) in [5, 5.41) is 4.92. The molecule has 108 valence electrons. The van der Waals surface area contributed by atoms with Gasteiger partial charge in [0.05, 0.1) is 23.5 Å². The van der Waals surface area contributed by atoms with E-state index in [1.807, 2.05) is 43.5 Å². The lowest BCUT2D eigenvalue weighted by Gasteiger charge is -2.09. The molecule has 0 aliphatic rings. The van der Waals surface area contributed by atoms with Gasteiger partial charge in [0, 0.05) is 4.88 Å². The molecule has 0 aliphatic heterocycles. The minimum atomic E-state index is -0.128. The zero-order valence-corrected chi connectivity index (χ0v) is 12.8. The monoisotopic (exact) mass is 299 g/mol. The molecule has 0 fully saturated rings. The first-order chi connectivity index (χ1) is 10.1. The summed E-state index contributed by atoms with van der Waals surface area (Å²) in [5.74, 6) is 0.674. The topological polar surface area (TPSA) is 57.8 Å². The molecular weight excluding hydrogens is 282 g/mol. The maximum absolute atomic E-state index is 12.1. The number of aromatic nitrogens is 2. The first kappa shape index (κ1) is 13.8. The second kappa shape index (κ2) is 5.69. The zero-order valence-electron chi connectivity index (χ0n) is 12.0. The van der Waals surface area contributed by atoms with Gasteiger partial charge in [-0.25, -0.2) is 4.98 Å². The first-order valence-corrected chi connectivity index (χ1v) is 7.78. The number of hydrogen-bond acceptors (Lipinski definition) is 3. The van der Waals surface area contributed by atoms with Crippen molar-refractivity contribution in [3.63, 3.8) is 0 Å². The molecule has 2 aromatic heterocycles. The van der Waals surface area contributed by atoms with Gasteiger partial charge >= 0.3 is 0 Å². The van der Waals surface area contributed by atoms with Crippen LogP contribution in [-0.4, -0.2) is 15.9 Å². The summed E-state index contributed by atoms with van der Waals surface area (Å²) in [6.07, 6.45) is 0. The van der Waals surface area contributed by atoms with E-state index in [-0.39, 0.29) is 11.8 Å². The van der Waals surface area contributed by atoms with Crippen molar-refractivity contribution in [3.05, 3.63) is 52.0 Å². The smallest absolute Gasteiger partial charge is 0.228 e. The van der Waals surface area contributed by atoms with Crippen LogP contribution in [0.25, 0.3) is 11.0 Å². The largest absolute Gasteiger partial charge is 0.348 e. The number of carbonyl (C=O) groups excluding carboxylic acids is 1. The van der Waals surface area contributed by atoms with Crippen LogP contribution in [0.4, 0.5) is 0 Å². The summed E-state index contributed by atoms with van der Waals surface area (Å²) in [4.78, 5) is 20.9. The molecule has 3 aromatic rings. The number of nitrogens with one attached hydrogen (secondary N) is 2. The number of aryl methyl sites for hydroxylation is 1. The van der Waals surface area contributed by atoms with E-state index in [1.54, 1.807) is 11.3 Å². The Hall–Kier alpha value is -2.14.